The molecule has 2 aromatic rings. The first-order chi connectivity index (χ1) is 10.2. The number of fused-ring (bicyclic) bond motifs is 1. The third-order valence-corrected chi connectivity index (χ3v) is 6.73. The van der Waals surface area contributed by atoms with Gasteiger partial charge in [-0.3, -0.25) is 0 Å². The van der Waals surface area contributed by atoms with Crippen LogP contribution in [0.1, 0.15) is 26.3 Å². The first-order valence-electron chi connectivity index (χ1n) is 7.59. The molecule has 0 spiro atoms. The van der Waals surface area contributed by atoms with Gasteiger partial charge in [-0.05, 0) is 44.0 Å². The van der Waals surface area contributed by atoms with Gasteiger partial charge in [-0.2, -0.15) is 0 Å². The van der Waals surface area contributed by atoms with Gasteiger partial charge in [0, 0.05) is 25.0 Å². The maximum atomic E-state index is 6.08. The SMILES string of the molecule is CCO[Si](OCC)(OCC)c1c(C)ccc2ccccc12. The second-order valence-corrected chi connectivity index (χ2v) is 7.31. The van der Waals surface area contributed by atoms with Crippen LogP contribution in [-0.4, -0.2) is 28.6 Å². The summed E-state index contributed by atoms with van der Waals surface area (Å²) in [5.74, 6) is 0. The third-order valence-electron chi connectivity index (χ3n) is 3.45. The molecular weight excluding hydrogens is 280 g/mol. The van der Waals surface area contributed by atoms with Crippen molar-refractivity contribution in [3.63, 3.8) is 0 Å². The summed E-state index contributed by atoms with van der Waals surface area (Å²) in [7, 11) is -2.88. The Morgan fingerprint density at radius 2 is 1.38 bits per heavy atom. The van der Waals surface area contributed by atoms with E-state index in [-0.39, 0.29) is 0 Å². The summed E-state index contributed by atoms with van der Waals surface area (Å²) in [6.45, 7) is 9.79. The van der Waals surface area contributed by atoms with E-state index in [0.717, 1.165) is 10.8 Å². The Morgan fingerprint density at radius 3 is 1.95 bits per heavy atom. The van der Waals surface area contributed by atoms with Crippen molar-refractivity contribution < 1.29 is 13.3 Å². The van der Waals surface area contributed by atoms with Gasteiger partial charge in [-0.25, -0.2) is 0 Å². The van der Waals surface area contributed by atoms with Gasteiger partial charge in [0.05, 0.1) is 0 Å². The van der Waals surface area contributed by atoms with Crippen LogP contribution in [0.4, 0.5) is 0 Å². The molecule has 2 aromatic carbocycles. The molecule has 3 nitrogen and oxygen atoms in total. The van der Waals surface area contributed by atoms with E-state index in [0.29, 0.717) is 19.8 Å². The lowest BCUT2D eigenvalue weighted by Crippen LogP contribution is -2.58. The minimum atomic E-state index is -2.88. The lowest BCUT2D eigenvalue weighted by atomic mass is 10.1. The standard InChI is InChI=1S/C17H24O3Si/c1-5-18-21(19-6-2,20-7-3)17-14(4)12-13-15-10-8-9-11-16(15)17/h8-13H,5-7H2,1-4H3. The Bertz CT molecular complexity index is 581. The normalized spacial score (nSPS) is 12.0. The molecule has 0 aliphatic carbocycles. The van der Waals surface area contributed by atoms with Crippen LogP contribution in [0.2, 0.25) is 0 Å². The fraction of sp³-hybridized carbons (Fsp3) is 0.412. The van der Waals surface area contributed by atoms with Gasteiger partial charge in [0.15, 0.2) is 0 Å². The average molecular weight is 304 g/mol. The molecule has 0 radical (unpaired) electrons. The fourth-order valence-corrected chi connectivity index (χ4v) is 5.65. The molecule has 0 saturated carbocycles. The Balaban J connectivity index is 2.70. The van der Waals surface area contributed by atoms with Crippen molar-refractivity contribution in [3.05, 3.63) is 42.0 Å². The number of hydrogen-bond acceptors (Lipinski definition) is 3. The molecule has 4 heteroatoms. The highest BCUT2D eigenvalue weighted by Gasteiger charge is 2.45. The monoisotopic (exact) mass is 304 g/mol. The summed E-state index contributed by atoms with van der Waals surface area (Å²) in [4.78, 5) is 0. The summed E-state index contributed by atoms with van der Waals surface area (Å²) < 4.78 is 18.2. The second-order valence-electron chi connectivity index (χ2n) is 4.83. The Labute approximate surface area is 128 Å². The molecule has 21 heavy (non-hydrogen) atoms. The van der Waals surface area contributed by atoms with Crippen molar-refractivity contribution in [3.8, 4) is 0 Å². The number of benzene rings is 2. The van der Waals surface area contributed by atoms with Crippen LogP contribution < -0.4 is 5.19 Å². The van der Waals surface area contributed by atoms with Crippen molar-refractivity contribution in [1.29, 1.82) is 0 Å². The Morgan fingerprint density at radius 1 is 0.810 bits per heavy atom. The summed E-state index contributed by atoms with van der Waals surface area (Å²) in [5.41, 5.74) is 1.16. The Hall–Kier alpha value is -1.20. The van der Waals surface area contributed by atoms with Crippen LogP contribution in [0.3, 0.4) is 0 Å². The van der Waals surface area contributed by atoms with Gasteiger partial charge >= 0.3 is 8.80 Å². The van der Waals surface area contributed by atoms with Gasteiger partial charge in [-0.15, -0.1) is 0 Å². The molecule has 114 valence electrons. The molecule has 0 aliphatic heterocycles. The number of hydrogen-bond donors (Lipinski definition) is 0. The summed E-state index contributed by atoms with van der Waals surface area (Å²) >= 11 is 0. The number of aryl methyl sites for hydroxylation is 1. The fourth-order valence-electron chi connectivity index (χ4n) is 2.70. The average Bonchev–Trinajstić information content (AvgIpc) is 2.47. The highest BCUT2D eigenvalue weighted by atomic mass is 28.4. The van der Waals surface area contributed by atoms with E-state index in [1.165, 1.54) is 10.8 Å². The molecule has 0 aromatic heterocycles. The molecule has 0 N–H and O–H groups in total. The topological polar surface area (TPSA) is 27.7 Å². The summed E-state index contributed by atoms with van der Waals surface area (Å²) in [6, 6.07) is 12.6. The smallest absolute Gasteiger partial charge is 0.370 e. The van der Waals surface area contributed by atoms with Gasteiger partial charge in [0.1, 0.15) is 0 Å². The molecule has 0 aliphatic rings. The van der Waals surface area contributed by atoms with Crippen LogP contribution in [0.5, 0.6) is 0 Å². The van der Waals surface area contributed by atoms with Crippen LogP contribution in [0.15, 0.2) is 36.4 Å². The molecule has 0 amide bonds. The minimum Gasteiger partial charge on any atom is -0.370 e. The highest BCUT2D eigenvalue weighted by molar-refractivity contribution is 6.78. The van der Waals surface area contributed by atoms with Crippen LogP contribution >= 0.6 is 0 Å². The number of rotatable bonds is 7. The zero-order valence-corrected chi connectivity index (χ0v) is 14.3. The van der Waals surface area contributed by atoms with Gasteiger partial charge in [0.2, 0.25) is 0 Å². The highest BCUT2D eigenvalue weighted by Crippen LogP contribution is 2.21. The van der Waals surface area contributed by atoms with Crippen LogP contribution in [0, 0.1) is 6.92 Å². The molecule has 0 saturated heterocycles. The van der Waals surface area contributed by atoms with Crippen molar-refractivity contribution in [2.75, 3.05) is 19.8 Å². The van der Waals surface area contributed by atoms with E-state index in [1.54, 1.807) is 0 Å². The van der Waals surface area contributed by atoms with Gasteiger partial charge in [0.25, 0.3) is 0 Å². The predicted molar refractivity (Wildman–Crippen MR) is 89.0 cm³/mol. The van der Waals surface area contributed by atoms with Crippen molar-refractivity contribution in [2.24, 2.45) is 0 Å². The third kappa shape index (κ3) is 3.19. The largest absolute Gasteiger partial charge is 0.538 e. The molecular formula is C17H24O3Si. The van der Waals surface area contributed by atoms with E-state index in [2.05, 4.69) is 31.2 Å². The summed E-state index contributed by atoms with van der Waals surface area (Å²) in [5, 5.41) is 3.46. The second kappa shape index (κ2) is 7.18. The van der Waals surface area contributed by atoms with Crippen LogP contribution in [-0.2, 0) is 13.3 Å². The quantitative estimate of drug-likeness (QED) is 0.734. The molecule has 0 atom stereocenters. The minimum absolute atomic E-state index is 0.578. The van der Waals surface area contributed by atoms with Crippen molar-refractivity contribution in [2.45, 2.75) is 27.7 Å². The van der Waals surface area contributed by atoms with E-state index in [9.17, 15) is 0 Å². The van der Waals surface area contributed by atoms with Crippen molar-refractivity contribution >= 4 is 24.8 Å². The van der Waals surface area contributed by atoms with Crippen molar-refractivity contribution in [1.82, 2.24) is 0 Å². The zero-order chi connectivity index (χ0) is 15.3. The molecule has 0 fully saturated rings. The lowest BCUT2D eigenvalue weighted by Gasteiger charge is -2.30. The van der Waals surface area contributed by atoms with Gasteiger partial charge < -0.3 is 13.3 Å². The lowest BCUT2D eigenvalue weighted by molar-refractivity contribution is 0.0861. The first kappa shape index (κ1) is 16.2. The maximum Gasteiger partial charge on any atom is 0.538 e. The molecule has 0 heterocycles. The molecule has 0 bridgehead atoms. The van der Waals surface area contributed by atoms with E-state index in [4.69, 9.17) is 13.3 Å². The molecule has 0 unspecified atom stereocenters. The first-order valence-corrected chi connectivity index (χ1v) is 9.31. The van der Waals surface area contributed by atoms with E-state index < -0.39 is 8.80 Å². The Kier molecular flexibility index (Phi) is 5.53. The van der Waals surface area contributed by atoms with Gasteiger partial charge in [-0.1, -0.05) is 36.4 Å². The molecule has 2 rings (SSSR count). The maximum absolute atomic E-state index is 6.08. The van der Waals surface area contributed by atoms with Crippen LogP contribution in [0.25, 0.3) is 10.8 Å². The zero-order valence-electron chi connectivity index (χ0n) is 13.3. The van der Waals surface area contributed by atoms with E-state index in [1.807, 2.05) is 32.9 Å². The van der Waals surface area contributed by atoms with E-state index >= 15 is 0 Å². The summed E-state index contributed by atoms with van der Waals surface area (Å²) in [6.07, 6.45) is 0. The predicted octanol–water partition coefficient (Wildman–Crippen LogP) is 3.40.